The Labute approximate surface area is 133 Å². The van der Waals surface area contributed by atoms with E-state index in [-0.39, 0.29) is 12.5 Å². The molecule has 0 aliphatic rings. The molecule has 0 unspecified atom stereocenters. The van der Waals surface area contributed by atoms with Gasteiger partial charge in [0.2, 0.25) is 0 Å². The van der Waals surface area contributed by atoms with Crippen molar-refractivity contribution in [1.29, 1.82) is 0 Å². The monoisotopic (exact) mass is 350 g/mol. The molecule has 0 saturated carbocycles. The van der Waals surface area contributed by atoms with Gasteiger partial charge in [-0.05, 0) is 25.5 Å². The number of pyridine rings is 1. The summed E-state index contributed by atoms with van der Waals surface area (Å²) >= 11 is 3.56. The minimum atomic E-state index is -0.222. The van der Waals surface area contributed by atoms with Gasteiger partial charge in [0, 0.05) is 28.0 Å². The van der Waals surface area contributed by atoms with Gasteiger partial charge in [-0.1, -0.05) is 35.0 Å². The maximum atomic E-state index is 11.8. The van der Waals surface area contributed by atoms with E-state index < -0.39 is 0 Å². The van der Waals surface area contributed by atoms with Gasteiger partial charge in [-0.2, -0.15) is 0 Å². The molecule has 1 aromatic carbocycles. The van der Waals surface area contributed by atoms with E-state index in [1.165, 1.54) is 0 Å². The third-order valence-corrected chi connectivity index (χ3v) is 3.84. The molecule has 112 valence electrons. The van der Waals surface area contributed by atoms with Crippen molar-refractivity contribution in [2.75, 3.05) is 24.6 Å². The molecule has 0 bridgehead atoms. The van der Waals surface area contributed by atoms with E-state index in [0.29, 0.717) is 6.61 Å². The van der Waals surface area contributed by atoms with Gasteiger partial charge in [0.05, 0.1) is 6.61 Å². The zero-order valence-electron chi connectivity index (χ0n) is 12.3. The molecular weight excluding hydrogens is 332 g/mol. The van der Waals surface area contributed by atoms with E-state index in [2.05, 4.69) is 27.8 Å². The lowest BCUT2D eigenvalue weighted by molar-refractivity contribution is -0.141. The van der Waals surface area contributed by atoms with Crippen LogP contribution in [0.15, 0.2) is 34.9 Å². The molecule has 0 aliphatic carbocycles. The first-order valence-corrected chi connectivity index (χ1v) is 7.90. The third-order valence-electron chi connectivity index (χ3n) is 3.15. The summed E-state index contributed by atoms with van der Waals surface area (Å²) in [5.41, 5.74) is 0. The van der Waals surface area contributed by atoms with E-state index in [0.717, 1.165) is 34.0 Å². The van der Waals surface area contributed by atoms with Gasteiger partial charge < -0.3 is 9.64 Å². The number of carbonyl (C=O) groups excluding carboxylic acids is 1. The molecule has 2 rings (SSSR count). The first-order valence-electron chi connectivity index (χ1n) is 7.11. The molecule has 0 atom stereocenters. The highest BCUT2D eigenvalue weighted by Crippen LogP contribution is 2.29. The summed E-state index contributed by atoms with van der Waals surface area (Å²) in [5.74, 6) is 0.600. The number of halogens is 1. The summed E-state index contributed by atoms with van der Waals surface area (Å²) in [6, 6.07) is 7.97. The van der Waals surface area contributed by atoms with Gasteiger partial charge in [0.15, 0.2) is 0 Å². The van der Waals surface area contributed by atoms with Gasteiger partial charge in [0.1, 0.15) is 12.4 Å². The van der Waals surface area contributed by atoms with Crippen LogP contribution < -0.4 is 4.90 Å². The van der Waals surface area contributed by atoms with E-state index in [1.807, 2.05) is 36.1 Å². The Morgan fingerprint density at radius 3 is 2.81 bits per heavy atom. The largest absolute Gasteiger partial charge is 0.465 e. The number of hydrogen-bond donors (Lipinski definition) is 0. The van der Waals surface area contributed by atoms with Crippen molar-refractivity contribution in [3.63, 3.8) is 0 Å². The maximum absolute atomic E-state index is 11.8. The van der Waals surface area contributed by atoms with Crippen LogP contribution in [0.4, 0.5) is 5.82 Å². The van der Waals surface area contributed by atoms with Crippen LogP contribution in [0.1, 0.15) is 20.3 Å². The van der Waals surface area contributed by atoms with Crippen LogP contribution in [-0.4, -0.2) is 30.6 Å². The average molecular weight is 351 g/mol. The highest BCUT2D eigenvalue weighted by molar-refractivity contribution is 9.10. The Morgan fingerprint density at radius 1 is 1.29 bits per heavy atom. The number of benzene rings is 1. The Hall–Kier alpha value is -1.62. The molecule has 2 aromatic rings. The van der Waals surface area contributed by atoms with Crippen LogP contribution >= 0.6 is 15.9 Å². The van der Waals surface area contributed by atoms with Gasteiger partial charge in [-0.3, -0.25) is 4.79 Å². The number of ether oxygens (including phenoxy) is 1. The highest BCUT2D eigenvalue weighted by Gasteiger charge is 2.16. The molecular formula is C16H19BrN2O2. The molecule has 1 aromatic heterocycles. The predicted molar refractivity (Wildman–Crippen MR) is 88.6 cm³/mol. The zero-order valence-corrected chi connectivity index (χ0v) is 13.9. The zero-order chi connectivity index (χ0) is 15.2. The molecule has 0 aliphatic heterocycles. The van der Waals surface area contributed by atoms with Crippen molar-refractivity contribution in [2.24, 2.45) is 0 Å². The number of aromatic nitrogens is 1. The minimum absolute atomic E-state index is 0.222. The Kier molecular flexibility index (Phi) is 5.56. The molecule has 0 fully saturated rings. The van der Waals surface area contributed by atoms with Crippen molar-refractivity contribution in [3.05, 3.63) is 34.9 Å². The second kappa shape index (κ2) is 7.41. The number of carbonyl (C=O) groups is 1. The van der Waals surface area contributed by atoms with Crippen LogP contribution in [0.2, 0.25) is 0 Å². The van der Waals surface area contributed by atoms with Crippen LogP contribution in [0, 0.1) is 0 Å². The van der Waals surface area contributed by atoms with Crippen LogP contribution in [0.25, 0.3) is 10.8 Å². The molecule has 0 saturated heterocycles. The second-order valence-electron chi connectivity index (χ2n) is 4.70. The summed E-state index contributed by atoms with van der Waals surface area (Å²) in [5, 5.41) is 2.12. The fourth-order valence-corrected chi connectivity index (χ4v) is 2.80. The number of anilines is 1. The van der Waals surface area contributed by atoms with Crippen molar-refractivity contribution in [3.8, 4) is 0 Å². The summed E-state index contributed by atoms with van der Waals surface area (Å²) < 4.78 is 6.08. The van der Waals surface area contributed by atoms with Gasteiger partial charge >= 0.3 is 5.97 Å². The number of rotatable bonds is 6. The normalized spacial score (nSPS) is 10.6. The van der Waals surface area contributed by atoms with E-state index >= 15 is 0 Å². The molecule has 5 heteroatoms. The first kappa shape index (κ1) is 15.8. The van der Waals surface area contributed by atoms with E-state index in [1.54, 1.807) is 6.20 Å². The molecule has 0 amide bonds. The predicted octanol–water partition coefficient (Wildman–Crippen LogP) is 3.78. The number of nitrogens with zero attached hydrogens (tertiary/aromatic N) is 2. The van der Waals surface area contributed by atoms with Crippen molar-refractivity contribution >= 4 is 38.5 Å². The molecule has 0 N–H and O–H groups in total. The topological polar surface area (TPSA) is 42.4 Å². The van der Waals surface area contributed by atoms with E-state index in [4.69, 9.17) is 4.74 Å². The summed E-state index contributed by atoms with van der Waals surface area (Å²) in [7, 11) is 0. The molecule has 4 nitrogen and oxygen atoms in total. The summed E-state index contributed by atoms with van der Waals surface area (Å²) in [6.07, 6.45) is 2.71. The van der Waals surface area contributed by atoms with Crippen molar-refractivity contribution in [1.82, 2.24) is 4.98 Å². The standard InChI is InChI=1S/C16H19BrN2O2/c1-3-10-19(11-15(20)21-4-2)16-13-6-5-7-14(17)12(13)8-9-18-16/h5-9H,3-4,10-11H2,1-2H3. The van der Waals surface area contributed by atoms with Crippen molar-refractivity contribution in [2.45, 2.75) is 20.3 Å². The molecule has 0 radical (unpaired) electrons. The third kappa shape index (κ3) is 3.73. The maximum Gasteiger partial charge on any atom is 0.325 e. The average Bonchev–Trinajstić information content (AvgIpc) is 2.47. The lowest BCUT2D eigenvalue weighted by atomic mass is 10.1. The number of hydrogen-bond acceptors (Lipinski definition) is 4. The van der Waals surface area contributed by atoms with Crippen LogP contribution in [-0.2, 0) is 9.53 Å². The smallest absolute Gasteiger partial charge is 0.325 e. The van der Waals surface area contributed by atoms with Crippen LogP contribution in [0.5, 0.6) is 0 Å². The quantitative estimate of drug-likeness (QED) is 0.743. The van der Waals surface area contributed by atoms with Crippen LogP contribution in [0.3, 0.4) is 0 Å². The lowest BCUT2D eigenvalue weighted by Gasteiger charge is -2.23. The number of fused-ring (bicyclic) bond motifs is 1. The number of esters is 1. The van der Waals surface area contributed by atoms with Crippen molar-refractivity contribution < 1.29 is 9.53 Å². The Morgan fingerprint density at radius 2 is 2.10 bits per heavy atom. The highest BCUT2D eigenvalue weighted by atomic mass is 79.9. The molecule has 21 heavy (non-hydrogen) atoms. The summed E-state index contributed by atoms with van der Waals surface area (Å²) in [4.78, 5) is 18.3. The first-order chi connectivity index (χ1) is 10.2. The fourth-order valence-electron chi connectivity index (χ4n) is 2.30. The van der Waals surface area contributed by atoms with Gasteiger partial charge in [0.25, 0.3) is 0 Å². The van der Waals surface area contributed by atoms with Gasteiger partial charge in [-0.15, -0.1) is 0 Å². The Bertz CT molecular complexity index is 631. The SMILES string of the molecule is CCCN(CC(=O)OCC)c1nccc2c(Br)cccc12. The van der Waals surface area contributed by atoms with E-state index in [9.17, 15) is 4.79 Å². The lowest BCUT2D eigenvalue weighted by Crippen LogP contribution is -2.32. The van der Waals surface area contributed by atoms with Gasteiger partial charge in [-0.25, -0.2) is 4.98 Å². The second-order valence-corrected chi connectivity index (χ2v) is 5.55. The molecule has 0 spiro atoms. The molecule has 1 heterocycles. The fraction of sp³-hybridized carbons (Fsp3) is 0.375. The Balaban J connectivity index is 2.40. The summed E-state index contributed by atoms with van der Waals surface area (Å²) in [6.45, 7) is 5.28. The minimum Gasteiger partial charge on any atom is -0.465 e.